The van der Waals surface area contributed by atoms with Gasteiger partial charge in [0, 0.05) is 31.2 Å². The number of urea groups is 1. The molecule has 5 aliphatic heterocycles. The number of nitrogens with zero attached hydrogens (tertiary/aromatic N) is 2. The van der Waals surface area contributed by atoms with E-state index in [1.165, 1.54) is 11.1 Å². The van der Waals surface area contributed by atoms with Gasteiger partial charge in [0.15, 0.2) is 34.5 Å². The van der Waals surface area contributed by atoms with Gasteiger partial charge in [0.05, 0.1) is 20.3 Å². The lowest BCUT2D eigenvalue weighted by atomic mass is 9.86. The van der Waals surface area contributed by atoms with E-state index in [1.54, 1.807) is 14.2 Å². The molecule has 2 amide bonds. The molecular weight excluding hydrogens is 654 g/mol. The van der Waals surface area contributed by atoms with E-state index in [-0.39, 0.29) is 18.1 Å². The number of carbonyl (C=O) groups is 1. The summed E-state index contributed by atoms with van der Waals surface area (Å²) in [6, 6.07) is 30.2. The maximum Gasteiger partial charge on any atom is 0.318 e. The van der Waals surface area contributed by atoms with Gasteiger partial charge >= 0.3 is 6.03 Å². The number of hydrogen-bond donors (Lipinski definition) is 1. The van der Waals surface area contributed by atoms with Crippen LogP contribution in [0.1, 0.15) is 51.0 Å². The predicted molar refractivity (Wildman–Crippen MR) is 197 cm³/mol. The summed E-state index contributed by atoms with van der Waals surface area (Å²) in [7, 11) is 5.51. The zero-order valence-corrected chi connectivity index (χ0v) is 29.6. The highest BCUT2D eigenvalue weighted by Gasteiger charge is 2.39. The first kappa shape index (κ1) is 32.3. The molecule has 7 bridgehead atoms. The Balaban J connectivity index is 1.19. The van der Waals surface area contributed by atoms with Crippen molar-refractivity contribution in [2.75, 3.05) is 34.4 Å². The molecule has 5 aliphatic rings. The van der Waals surface area contributed by atoms with Crippen LogP contribution in [0.4, 0.5) is 4.79 Å². The average molecular weight is 696 g/mol. The van der Waals surface area contributed by atoms with Gasteiger partial charge in [-0.25, -0.2) is 4.79 Å². The Morgan fingerprint density at radius 3 is 2.27 bits per heavy atom. The summed E-state index contributed by atoms with van der Waals surface area (Å²) in [6.45, 7) is 1.89. The fraction of sp³-hybridized carbons (Fsp3) is 0.279. The number of benzene rings is 5. The molecule has 0 aliphatic carbocycles. The number of likely N-dealkylation sites (N-methyl/N-ethyl adjacent to an activating group) is 1. The number of carbonyl (C=O) groups excluding carboxylic acids is 1. The van der Waals surface area contributed by atoms with Crippen molar-refractivity contribution >= 4 is 6.03 Å². The minimum Gasteiger partial charge on any atom is -0.493 e. The molecule has 5 heterocycles. The number of ether oxygens (including phenoxy) is 5. The van der Waals surface area contributed by atoms with Gasteiger partial charge in [-0.05, 0) is 109 Å². The molecule has 0 spiro atoms. The van der Waals surface area contributed by atoms with Crippen molar-refractivity contribution in [1.82, 2.24) is 15.1 Å². The number of amides is 2. The Hall–Kier alpha value is -5.67. The lowest BCUT2D eigenvalue weighted by Crippen LogP contribution is -2.46. The van der Waals surface area contributed by atoms with Gasteiger partial charge < -0.3 is 33.9 Å². The van der Waals surface area contributed by atoms with Crippen molar-refractivity contribution in [2.45, 2.75) is 44.3 Å². The second-order valence-corrected chi connectivity index (χ2v) is 14.0. The van der Waals surface area contributed by atoms with E-state index in [4.69, 9.17) is 23.7 Å². The molecule has 1 N–H and O–H groups in total. The molecule has 0 saturated heterocycles. The standard InChI is InChI=1S/C43H41N3O6/c1-45-17-15-29-22-37-38-24-32(29)33(45)20-28-11-14-35(48-2)36(21-28)50-31-12-9-26(10-13-31)19-34-40-30(23-39(49-3)41(51-37)42(40)52-38)16-18-46(34)43(47)44-25-27-7-5-4-6-8-27/h4-14,21-24,33-34H,15-20,25H2,1-3H3,(H,44,47). The monoisotopic (exact) mass is 695 g/mol. The molecule has 0 radical (unpaired) electrons. The van der Waals surface area contributed by atoms with Crippen LogP contribution in [0, 0.1) is 0 Å². The van der Waals surface area contributed by atoms with Crippen LogP contribution < -0.4 is 29.0 Å². The summed E-state index contributed by atoms with van der Waals surface area (Å²) in [5.74, 6) is 5.15. The third-order valence-corrected chi connectivity index (χ3v) is 10.9. The lowest BCUT2D eigenvalue weighted by molar-refractivity contribution is 0.166. The molecule has 52 heavy (non-hydrogen) atoms. The Bertz CT molecular complexity index is 2170. The quantitative estimate of drug-likeness (QED) is 0.198. The first-order valence-corrected chi connectivity index (χ1v) is 17.9. The van der Waals surface area contributed by atoms with Crippen molar-refractivity contribution in [3.8, 4) is 46.0 Å². The van der Waals surface area contributed by atoms with Gasteiger partial charge in [-0.15, -0.1) is 0 Å². The van der Waals surface area contributed by atoms with Gasteiger partial charge in [0.25, 0.3) is 0 Å². The van der Waals surface area contributed by atoms with E-state index in [2.05, 4.69) is 59.7 Å². The van der Waals surface area contributed by atoms with Crippen LogP contribution in [0.2, 0.25) is 0 Å². The van der Waals surface area contributed by atoms with E-state index in [0.717, 1.165) is 47.2 Å². The number of nitrogens with one attached hydrogen (secondary N) is 1. The van der Waals surface area contributed by atoms with E-state index >= 15 is 0 Å². The molecule has 0 fully saturated rings. The molecule has 10 rings (SSSR count). The zero-order valence-electron chi connectivity index (χ0n) is 29.6. The zero-order chi connectivity index (χ0) is 35.3. The molecule has 9 nitrogen and oxygen atoms in total. The van der Waals surface area contributed by atoms with Crippen LogP contribution in [0.25, 0.3) is 0 Å². The minimum atomic E-state index is -0.344. The molecule has 2 atom stereocenters. The van der Waals surface area contributed by atoms with Gasteiger partial charge in [-0.1, -0.05) is 48.5 Å². The summed E-state index contributed by atoms with van der Waals surface area (Å²) in [4.78, 5) is 18.4. The van der Waals surface area contributed by atoms with E-state index in [9.17, 15) is 4.79 Å². The van der Waals surface area contributed by atoms with E-state index in [0.29, 0.717) is 71.9 Å². The van der Waals surface area contributed by atoms with Gasteiger partial charge in [0.2, 0.25) is 5.75 Å². The maximum absolute atomic E-state index is 14.1. The van der Waals surface area contributed by atoms with Gasteiger partial charge in [-0.3, -0.25) is 4.90 Å². The van der Waals surface area contributed by atoms with Crippen LogP contribution in [-0.2, 0) is 32.2 Å². The van der Waals surface area contributed by atoms with Crippen LogP contribution in [0.5, 0.6) is 46.0 Å². The molecule has 264 valence electrons. The topological polar surface area (TPSA) is 81.7 Å². The van der Waals surface area contributed by atoms with Crippen molar-refractivity contribution in [1.29, 1.82) is 0 Å². The fourth-order valence-electron chi connectivity index (χ4n) is 8.16. The summed E-state index contributed by atoms with van der Waals surface area (Å²) in [5, 5.41) is 3.18. The predicted octanol–water partition coefficient (Wildman–Crippen LogP) is 8.53. The average Bonchev–Trinajstić information content (AvgIpc) is 3.17. The van der Waals surface area contributed by atoms with Crippen LogP contribution in [0.3, 0.4) is 0 Å². The Morgan fingerprint density at radius 1 is 0.731 bits per heavy atom. The third-order valence-electron chi connectivity index (χ3n) is 10.9. The molecule has 2 unspecified atom stereocenters. The second kappa shape index (κ2) is 13.1. The van der Waals surface area contributed by atoms with E-state index < -0.39 is 0 Å². The molecule has 9 heteroatoms. The molecular formula is C43H41N3O6. The smallest absolute Gasteiger partial charge is 0.318 e. The SMILES string of the molecule is COc1ccc2cc1Oc1ccc(cc1)CC1c3c(cc(OC)c4c3Oc3cc5c(cc3O4)CCN(C)C5C2)CCN1C(=O)NCc1ccccc1. The normalized spacial score (nSPS) is 18.3. The highest BCUT2D eigenvalue weighted by molar-refractivity contribution is 5.77. The molecule has 0 saturated carbocycles. The minimum absolute atomic E-state index is 0.106. The maximum atomic E-state index is 14.1. The first-order valence-electron chi connectivity index (χ1n) is 17.9. The highest BCUT2D eigenvalue weighted by atomic mass is 16.6. The Morgan fingerprint density at radius 2 is 1.46 bits per heavy atom. The summed E-state index contributed by atoms with van der Waals surface area (Å²) >= 11 is 0. The van der Waals surface area contributed by atoms with Crippen LogP contribution >= 0.6 is 0 Å². The Labute approximate surface area is 303 Å². The lowest BCUT2D eigenvalue weighted by Gasteiger charge is -2.40. The fourth-order valence-corrected chi connectivity index (χ4v) is 8.16. The Kier molecular flexibility index (Phi) is 8.15. The van der Waals surface area contributed by atoms with Crippen molar-refractivity contribution in [3.63, 3.8) is 0 Å². The molecule has 5 aromatic carbocycles. The van der Waals surface area contributed by atoms with Crippen LogP contribution in [-0.4, -0.2) is 50.2 Å². The largest absolute Gasteiger partial charge is 0.493 e. The highest BCUT2D eigenvalue weighted by Crippen LogP contribution is 2.57. The van der Waals surface area contributed by atoms with Crippen molar-refractivity contribution in [3.05, 3.63) is 130 Å². The molecule has 0 aromatic heterocycles. The van der Waals surface area contributed by atoms with Crippen molar-refractivity contribution < 1.29 is 28.5 Å². The van der Waals surface area contributed by atoms with Crippen LogP contribution in [0.15, 0.2) is 91.0 Å². The summed E-state index contributed by atoms with van der Waals surface area (Å²) < 4.78 is 31.9. The molecule has 5 aromatic rings. The van der Waals surface area contributed by atoms with Gasteiger partial charge in [0.1, 0.15) is 5.75 Å². The number of methoxy groups -OCH3 is 2. The van der Waals surface area contributed by atoms with Crippen molar-refractivity contribution in [2.24, 2.45) is 0 Å². The summed E-state index contributed by atoms with van der Waals surface area (Å²) in [6.07, 6.45) is 2.87. The second-order valence-electron chi connectivity index (χ2n) is 14.0. The first-order chi connectivity index (χ1) is 25.4. The number of hydrogen-bond acceptors (Lipinski definition) is 7. The third kappa shape index (κ3) is 5.75. The number of rotatable bonds is 4. The number of fused-ring (bicyclic) bond motifs is 2. The van der Waals surface area contributed by atoms with Gasteiger partial charge in [-0.2, -0.15) is 0 Å². The summed E-state index contributed by atoms with van der Waals surface area (Å²) in [5.41, 5.74) is 7.71. The van der Waals surface area contributed by atoms with E-state index in [1.807, 2.05) is 53.4 Å².